The molecule has 2 rings (SSSR count). The van der Waals surface area contributed by atoms with Gasteiger partial charge in [0.1, 0.15) is 5.58 Å². The highest BCUT2D eigenvalue weighted by molar-refractivity contribution is 9.10. The first-order valence-corrected chi connectivity index (χ1v) is 4.53. The molecule has 72 valence electrons. The Morgan fingerprint density at radius 2 is 2.14 bits per heavy atom. The van der Waals surface area contributed by atoms with Gasteiger partial charge in [-0.15, -0.1) is 0 Å². The fraction of sp³-hybridized carbons (Fsp3) is 0. The molecular weight excluding hydrogens is 252 g/mol. The van der Waals surface area contributed by atoms with E-state index < -0.39 is 11.7 Å². The maximum absolute atomic E-state index is 10.6. The predicted molar refractivity (Wildman–Crippen MR) is 52.5 cm³/mol. The number of aromatic hydroxyl groups is 1. The number of halogens is 1. The van der Waals surface area contributed by atoms with E-state index in [1.165, 1.54) is 0 Å². The molecule has 0 amide bonds. The van der Waals surface area contributed by atoms with E-state index in [2.05, 4.69) is 15.9 Å². The second kappa shape index (κ2) is 3.02. The van der Waals surface area contributed by atoms with Crippen LogP contribution in [0.2, 0.25) is 0 Å². The Labute approximate surface area is 86.9 Å². The lowest BCUT2D eigenvalue weighted by Crippen LogP contribution is -1.92. The summed E-state index contributed by atoms with van der Waals surface area (Å²) in [6.45, 7) is 0. The van der Waals surface area contributed by atoms with E-state index >= 15 is 0 Å². The second-order valence-electron chi connectivity index (χ2n) is 2.73. The van der Waals surface area contributed by atoms with Crippen LogP contribution in [0, 0.1) is 0 Å². The molecule has 0 aliphatic heterocycles. The fourth-order valence-corrected chi connectivity index (χ4v) is 1.56. The number of rotatable bonds is 1. The molecular formula is C9H5BrO4. The van der Waals surface area contributed by atoms with E-state index in [0.717, 1.165) is 4.47 Å². The number of furan rings is 1. The Hall–Kier alpha value is -1.49. The molecule has 0 radical (unpaired) electrons. The number of carbonyl (C=O) groups is 1. The predicted octanol–water partition coefficient (Wildman–Crippen LogP) is 2.60. The van der Waals surface area contributed by atoms with Gasteiger partial charge in [-0.1, -0.05) is 15.9 Å². The van der Waals surface area contributed by atoms with Crippen LogP contribution in [0.1, 0.15) is 10.6 Å². The summed E-state index contributed by atoms with van der Waals surface area (Å²) in [5.74, 6) is -2.05. The van der Waals surface area contributed by atoms with Gasteiger partial charge in [0.05, 0.1) is 5.39 Å². The van der Waals surface area contributed by atoms with Gasteiger partial charge in [-0.05, 0) is 18.2 Å². The fourth-order valence-electron chi connectivity index (χ4n) is 1.20. The van der Waals surface area contributed by atoms with E-state index in [1.54, 1.807) is 18.2 Å². The minimum absolute atomic E-state index is 0.339. The van der Waals surface area contributed by atoms with Gasteiger partial charge in [-0.2, -0.15) is 0 Å². The molecule has 0 bridgehead atoms. The van der Waals surface area contributed by atoms with Crippen molar-refractivity contribution in [1.82, 2.24) is 0 Å². The SMILES string of the molecule is O=C(O)c1oc2ccc(Br)cc2c1O. The number of aromatic carboxylic acids is 1. The quantitative estimate of drug-likeness (QED) is 0.823. The number of carboxylic acid groups (broad SMARTS) is 1. The first-order chi connectivity index (χ1) is 6.59. The van der Waals surface area contributed by atoms with Crippen LogP contribution in [-0.4, -0.2) is 16.2 Å². The molecule has 0 saturated carbocycles. The van der Waals surface area contributed by atoms with Crippen molar-refractivity contribution >= 4 is 32.9 Å². The van der Waals surface area contributed by atoms with Crippen molar-refractivity contribution in [2.45, 2.75) is 0 Å². The van der Waals surface area contributed by atoms with Crippen LogP contribution in [-0.2, 0) is 0 Å². The van der Waals surface area contributed by atoms with Crippen LogP contribution < -0.4 is 0 Å². The Morgan fingerprint density at radius 3 is 2.79 bits per heavy atom. The molecule has 0 unspecified atom stereocenters. The molecule has 5 heteroatoms. The summed E-state index contributed by atoms with van der Waals surface area (Å²) in [5, 5.41) is 18.5. The van der Waals surface area contributed by atoms with Crippen molar-refractivity contribution in [3.05, 3.63) is 28.4 Å². The molecule has 14 heavy (non-hydrogen) atoms. The van der Waals surface area contributed by atoms with Gasteiger partial charge in [0.25, 0.3) is 5.76 Å². The largest absolute Gasteiger partial charge is 0.504 e. The molecule has 0 aliphatic carbocycles. The van der Waals surface area contributed by atoms with Crippen LogP contribution in [0.4, 0.5) is 0 Å². The first-order valence-electron chi connectivity index (χ1n) is 3.74. The van der Waals surface area contributed by atoms with E-state index in [1.807, 2.05) is 0 Å². The second-order valence-corrected chi connectivity index (χ2v) is 3.64. The monoisotopic (exact) mass is 256 g/mol. The number of hydrogen-bond donors (Lipinski definition) is 2. The third-order valence-electron chi connectivity index (χ3n) is 1.82. The van der Waals surface area contributed by atoms with Crippen molar-refractivity contribution in [1.29, 1.82) is 0 Å². The van der Waals surface area contributed by atoms with E-state index in [-0.39, 0.29) is 5.75 Å². The highest BCUT2D eigenvalue weighted by Crippen LogP contribution is 2.33. The number of fused-ring (bicyclic) bond motifs is 1. The third-order valence-corrected chi connectivity index (χ3v) is 2.31. The maximum Gasteiger partial charge on any atom is 0.375 e. The lowest BCUT2D eigenvalue weighted by Gasteiger charge is -1.89. The molecule has 0 atom stereocenters. The van der Waals surface area contributed by atoms with E-state index in [0.29, 0.717) is 11.0 Å². The standard InChI is InChI=1S/C9H5BrO4/c10-4-1-2-6-5(3-4)7(11)8(14-6)9(12)13/h1-3,11H,(H,12,13). The van der Waals surface area contributed by atoms with Crippen molar-refractivity contribution in [3.8, 4) is 5.75 Å². The lowest BCUT2D eigenvalue weighted by molar-refractivity contribution is 0.0660. The molecule has 1 heterocycles. The van der Waals surface area contributed by atoms with Gasteiger partial charge >= 0.3 is 5.97 Å². The minimum Gasteiger partial charge on any atom is -0.504 e. The Bertz CT molecular complexity index is 515. The number of carboxylic acids is 1. The van der Waals surface area contributed by atoms with Crippen LogP contribution in [0.15, 0.2) is 27.1 Å². The summed E-state index contributed by atoms with van der Waals surface area (Å²) in [6.07, 6.45) is 0. The molecule has 0 fully saturated rings. The van der Waals surface area contributed by atoms with Crippen LogP contribution in [0.25, 0.3) is 11.0 Å². The van der Waals surface area contributed by atoms with Crippen LogP contribution >= 0.6 is 15.9 Å². The molecule has 0 spiro atoms. The summed E-state index contributed by atoms with van der Waals surface area (Å²) < 4.78 is 5.69. The van der Waals surface area contributed by atoms with Gasteiger partial charge in [0, 0.05) is 4.47 Å². The van der Waals surface area contributed by atoms with Gasteiger partial charge in [0.2, 0.25) is 0 Å². The van der Waals surface area contributed by atoms with Gasteiger partial charge in [0.15, 0.2) is 5.75 Å². The average Bonchev–Trinajstić information content (AvgIpc) is 2.44. The van der Waals surface area contributed by atoms with Gasteiger partial charge in [-0.25, -0.2) is 4.79 Å². The zero-order valence-electron chi connectivity index (χ0n) is 6.82. The summed E-state index contributed by atoms with van der Waals surface area (Å²) in [6, 6.07) is 4.89. The summed E-state index contributed by atoms with van der Waals surface area (Å²) in [7, 11) is 0. The third kappa shape index (κ3) is 1.26. The van der Waals surface area contributed by atoms with Crippen molar-refractivity contribution in [2.75, 3.05) is 0 Å². The van der Waals surface area contributed by atoms with E-state index in [4.69, 9.17) is 9.52 Å². The Balaban J connectivity index is 2.80. The molecule has 0 aliphatic rings. The highest BCUT2D eigenvalue weighted by Gasteiger charge is 2.19. The summed E-state index contributed by atoms with van der Waals surface area (Å²) in [5.41, 5.74) is 0.350. The van der Waals surface area contributed by atoms with Crippen molar-refractivity contribution in [3.63, 3.8) is 0 Å². The average molecular weight is 257 g/mol. The minimum atomic E-state index is -1.28. The highest BCUT2D eigenvalue weighted by atomic mass is 79.9. The number of hydrogen-bond acceptors (Lipinski definition) is 3. The first kappa shape index (κ1) is 9.08. The summed E-state index contributed by atoms with van der Waals surface area (Å²) in [4.78, 5) is 10.6. The molecule has 1 aromatic carbocycles. The molecule has 1 aromatic heterocycles. The van der Waals surface area contributed by atoms with Gasteiger partial charge < -0.3 is 14.6 Å². The Kier molecular flexibility index (Phi) is 1.96. The van der Waals surface area contributed by atoms with Crippen molar-refractivity contribution in [2.24, 2.45) is 0 Å². The van der Waals surface area contributed by atoms with Gasteiger partial charge in [-0.3, -0.25) is 0 Å². The molecule has 4 nitrogen and oxygen atoms in total. The molecule has 2 N–H and O–H groups in total. The maximum atomic E-state index is 10.6. The van der Waals surface area contributed by atoms with Crippen LogP contribution in [0.5, 0.6) is 5.75 Å². The lowest BCUT2D eigenvalue weighted by atomic mass is 10.2. The smallest absolute Gasteiger partial charge is 0.375 e. The number of benzene rings is 1. The molecule has 0 saturated heterocycles. The summed E-state index contributed by atoms with van der Waals surface area (Å²) >= 11 is 3.21. The zero-order chi connectivity index (χ0) is 10.3. The topological polar surface area (TPSA) is 70.7 Å². The van der Waals surface area contributed by atoms with Crippen LogP contribution in [0.3, 0.4) is 0 Å². The Morgan fingerprint density at radius 1 is 1.43 bits per heavy atom. The normalized spacial score (nSPS) is 10.6. The van der Waals surface area contributed by atoms with Crippen molar-refractivity contribution < 1.29 is 19.4 Å². The zero-order valence-corrected chi connectivity index (χ0v) is 8.41. The van der Waals surface area contributed by atoms with E-state index in [9.17, 15) is 9.90 Å². The molecule has 2 aromatic rings.